The van der Waals surface area contributed by atoms with Crippen LogP contribution in [0, 0.1) is 19.1 Å². The highest BCUT2D eigenvalue weighted by Gasteiger charge is 2.27. The SMILES string of the molecule is Cc1cnc(C)c(-c2cccc3c2O[C@@H](CNC(=O)c2cc[n+]([O-])cc2)C3)n1. The minimum absolute atomic E-state index is 0.161. The summed E-state index contributed by atoms with van der Waals surface area (Å²) in [5.74, 6) is 0.567. The fraction of sp³-hybridized carbons (Fsp3) is 0.238. The summed E-state index contributed by atoms with van der Waals surface area (Å²) in [5.41, 5.74) is 4.96. The zero-order valence-electron chi connectivity index (χ0n) is 15.7. The first-order chi connectivity index (χ1) is 13.5. The molecule has 0 bridgehead atoms. The third-order valence-electron chi connectivity index (χ3n) is 4.71. The molecule has 142 valence electrons. The highest BCUT2D eigenvalue weighted by molar-refractivity contribution is 5.93. The van der Waals surface area contributed by atoms with Crippen LogP contribution in [0.15, 0.2) is 48.9 Å². The molecule has 0 unspecified atom stereocenters. The Morgan fingerprint density at radius 3 is 2.86 bits per heavy atom. The van der Waals surface area contributed by atoms with Crippen LogP contribution in [0.5, 0.6) is 5.75 Å². The summed E-state index contributed by atoms with van der Waals surface area (Å²) in [6.45, 7) is 4.22. The lowest BCUT2D eigenvalue weighted by Gasteiger charge is -2.14. The number of para-hydroxylation sites is 1. The highest BCUT2D eigenvalue weighted by atomic mass is 16.5. The number of hydrogen-bond acceptors (Lipinski definition) is 5. The van der Waals surface area contributed by atoms with Gasteiger partial charge >= 0.3 is 0 Å². The minimum atomic E-state index is -0.235. The number of amides is 1. The molecule has 1 N–H and O–H groups in total. The summed E-state index contributed by atoms with van der Waals surface area (Å²) < 4.78 is 6.80. The monoisotopic (exact) mass is 376 g/mol. The fourth-order valence-electron chi connectivity index (χ4n) is 3.30. The first-order valence-corrected chi connectivity index (χ1v) is 9.07. The average Bonchev–Trinajstić information content (AvgIpc) is 3.12. The molecular formula is C21H20N4O3. The summed E-state index contributed by atoms with van der Waals surface area (Å²) in [4.78, 5) is 21.3. The summed E-state index contributed by atoms with van der Waals surface area (Å²) in [6.07, 6.45) is 4.89. The Bertz CT molecular complexity index is 1030. The lowest BCUT2D eigenvalue weighted by Crippen LogP contribution is -2.35. The van der Waals surface area contributed by atoms with Crippen LogP contribution >= 0.6 is 0 Å². The highest BCUT2D eigenvalue weighted by Crippen LogP contribution is 2.38. The second kappa shape index (κ2) is 7.26. The maximum Gasteiger partial charge on any atom is 0.251 e. The van der Waals surface area contributed by atoms with Gasteiger partial charge < -0.3 is 15.3 Å². The van der Waals surface area contributed by atoms with Gasteiger partial charge in [0.15, 0.2) is 12.4 Å². The Morgan fingerprint density at radius 1 is 1.29 bits per heavy atom. The number of nitrogens with one attached hydrogen (secondary N) is 1. The van der Waals surface area contributed by atoms with Crippen molar-refractivity contribution in [3.8, 4) is 17.0 Å². The number of aromatic nitrogens is 3. The van der Waals surface area contributed by atoms with Gasteiger partial charge in [-0.3, -0.25) is 9.78 Å². The van der Waals surface area contributed by atoms with E-state index in [-0.39, 0.29) is 12.0 Å². The van der Waals surface area contributed by atoms with Gasteiger partial charge in [-0.05, 0) is 25.5 Å². The third-order valence-corrected chi connectivity index (χ3v) is 4.71. The van der Waals surface area contributed by atoms with Gasteiger partial charge in [0.05, 0.1) is 29.2 Å². The fourth-order valence-corrected chi connectivity index (χ4v) is 3.30. The molecule has 7 nitrogen and oxygen atoms in total. The van der Waals surface area contributed by atoms with E-state index in [1.54, 1.807) is 6.20 Å². The van der Waals surface area contributed by atoms with Crippen molar-refractivity contribution in [3.05, 3.63) is 76.6 Å². The van der Waals surface area contributed by atoms with E-state index in [1.165, 1.54) is 24.5 Å². The van der Waals surface area contributed by atoms with Crippen molar-refractivity contribution in [3.63, 3.8) is 0 Å². The van der Waals surface area contributed by atoms with E-state index in [0.29, 0.717) is 23.3 Å². The van der Waals surface area contributed by atoms with E-state index in [2.05, 4.69) is 15.3 Å². The Balaban J connectivity index is 1.49. The molecule has 0 spiro atoms. The molecule has 7 heteroatoms. The number of ether oxygens (including phenoxy) is 1. The van der Waals surface area contributed by atoms with Gasteiger partial charge in [-0.15, -0.1) is 0 Å². The number of rotatable bonds is 4. The van der Waals surface area contributed by atoms with Crippen LogP contribution in [0.2, 0.25) is 0 Å². The summed E-state index contributed by atoms with van der Waals surface area (Å²) >= 11 is 0. The summed E-state index contributed by atoms with van der Waals surface area (Å²) in [5, 5.41) is 14.0. The minimum Gasteiger partial charge on any atom is -0.619 e. The van der Waals surface area contributed by atoms with Crippen molar-refractivity contribution in [1.82, 2.24) is 15.3 Å². The molecule has 3 aromatic rings. The van der Waals surface area contributed by atoms with Crippen LogP contribution in [-0.4, -0.2) is 28.5 Å². The van der Waals surface area contributed by atoms with Crippen molar-refractivity contribution in [2.24, 2.45) is 0 Å². The molecule has 1 aliphatic heterocycles. The van der Waals surface area contributed by atoms with Crippen molar-refractivity contribution >= 4 is 5.91 Å². The topological polar surface area (TPSA) is 91.0 Å². The van der Waals surface area contributed by atoms with Crippen molar-refractivity contribution in [2.45, 2.75) is 26.4 Å². The smallest absolute Gasteiger partial charge is 0.251 e. The van der Waals surface area contributed by atoms with Gasteiger partial charge in [0, 0.05) is 30.3 Å². The van der Waals surface area contributed by atoms with E-state index in [9.17, 15) is 10.0 Å². The Hall–Kier alpha value is -3.48. The standard InChI is InChI=1S/C21H20N4O3/c1-13-11-22-14(2)19(24-13)18-5-3-4-16-10-17(28-20(16)18)12-23-21(26)15-6-8-25(27)9-7-15/h3-9,11,17H,10,12H2,1-2H3,(H,23,26)/t17-/m1/s1. The molecule has 0 radical (unpaired) electrons. The molecule has 0 aliphatic carbocycles. The van der Waals surface area contributed by atoms with Crippen molar-refractivity contribution in [2.75, 3.05) is 6.54 Å². The molecule has 1 aromatic carbocycles. The second-order valence-electron chi connectivity index (χ2n) is 6.84. The van der Waals surface area contributed by atoms with Crippen molar-refractivity contribution < 1.29 is 14.3 Å². The van der Waals surface area contributed by atoms with E-state index in [0.717, 1.165) is 34.0 Å². The van der Waals surface area contributed by atoms with E-state index < -0.39 is 0 Å². The number of benzene rings is 1. The number of fused-ring (bicyclic) bond motifs is 1. The molecule has 1 atom stereocenters. The molecule has 1 amide bonds. The largest absolute Gasteiger partial charge is 0.619 e. The lowest BCUT2D eigenvalue weighted by atomic mass is 10.0. The Kier molecular flexibility index (Phi) is 4.65. The van der Waals surface area contributed by atoms with E-state index in [1.807, 2.05) is 32.0 Å². The zero-order chi connectivity index (χ0) is 19.7. The van der Waals surface area contributed by atoms with Gasteiger partial charge in [0.2, 0.25) is 0 Å². The van der Waals surface area contributed by atoms with Crippen LogP contribution < -0.4 is 14.8 Å². The number of hydrogen-bond donors (Lipinski definition) is 1. The average molecular weight is 376 g/mol. The normalized spacial score (nSPS) is 15.0. The second-order valence-corrected chi connectivity index (χ2v) is 6.84. The van der Waals surface area contributed by atoms with Gasteiger partial charge in [-0.2, -0.15) is 4.73 Å². The Labute approximate surface area is 162 Å². The lowest BCUT2D eigenvalue weighted by molar-refractivity contribution is -0.605. The van der Waals surface area contributed by atoms with Crippen molar-refractivity contribution in [1.29, 1.82) is 0 Å². The molecule has 28 heavy (non-hydrogen) atoms. The molecule has 2 aromatic heterocycles. The van der Waals surface area contributed by atoms with E-state index >= 15 is 0 Å². The number of aryl methyl sites for hydroxylation is 2. The van der Waals surface area contributed by atoms with Gasteiger partial charge in [0.25, 0.3) is 5.91 Å². The number of carbonyl (C=O) groups is 1. The van der Waals surface area contributed by atoms with Gasteiger partial charge in [-0.1, -0.05) is 12.1 Å². The third kappa shape index (κ3) is 3.51. The van der Waals surface area contributed by atoms with Crippen LogP contribution in [0.1, 0.15) is 27.3 Å². The maximum absolute atomic E-state index is 12.3. The predicted octanol–water partition coefficient (Wildman–Crippen LogP) is 2.13. The molecule has 0 saturated heterocycles. The van der Waals surface area contributed by atoms with E-state index in [4.69, 9.17) is 4.74 Å². The summed E-state index contributed by atoms with van der Waals surface area (Å²) in [6, 6.07) is 8.99. The molecule has 4 rings (SSSR count). The number of nitrogens with zero attached hydrogens (tertiary/aromatic N) is 3. The molecule has 1 aliphatic rings. The van der Waals surface area contributed by atoms with Crippen LogP contribution in [0.25, 0.3) is 11.3 Å². The predicted molar refractivity (Wildman–Crippen MR) is 103 cm³/mol. The quantitative estimate of drug-likeness (QED) is 0.556. The molecule has 0 saturated carbocycles. The molecule has 0 fully saturated rings. The first-order valence-electron chi connectivity index (χ1n) is 9.07. The Morgan fingerprint density at radius 2 is 2.07 bits per heavy atom. The summed E-state index contributed by atoms with van der Waals surface area (Å²) in [7, 11) is 0. The van der Waals surface area contributed by atoms with Gasteiger partial charge in [-0.25, -0.2) is 4.98 Å². The maximum atomic E-state index is 12.3. The van der Waals surface area contributed by atoms with Gasteiger partial charge in [0.1, 0.15) is 11.9 Å². The number of pyridine rings is 1. The zero-order valence-corrected chi connectivity index (χ0v) is 15.7. The van der Waals surface area contributed by atoms with Crippen LogP contribution in [0.3, 0.4) is 0 Å². The first kappa shape index (κ1) is 17.9. The molecule has 3 heterocycles. The molecular weight excluding hydrogens is 356 g/mol. The number of carbonyl (C=O) groups excluding carboxylic acids is 1. The van der Waals surface area contributed by atoms with Crippen LogP contribution in [0.4, 0.5) is 0 Å². The van der Waals surface area contributed by atoms with Crippen LogP contribution in [-0.2, 0) is 6.42 Å².